The number of hydrogen-bond donors (Lipinski definition) is 0. The van der Waals surface area contributed by atoms with Crippen LogP contribution >= 0.6 is 22.9 Å². The molecule has 0 fully saturated rings. The van der Waals surface area contributed by atoms with Gasteiger partial charge >= 0.3 is 0 Å². The predicted molar refractivity (Wildman–Crippen MR) is 56.1 cm³/mol. The second-order valence-corrected chi connectivity index (χ2v) is 3.99. The summed E-state index contributed by atoms with van der Waals surface area (Å²) in [4.78, 5) is 0. The summed E-state index contributed by atoms with van der Waals surface area (Å²) in [5.74, 6) is 0.615. The lowest BCUT2D eigenvalue weighted by atomic mass is 10.1. The van der Waals surface area contributed by atoms with Gasteiger partial charge in [-0.05, 0) is 28.8 Å². The minimum absolute atomic E-state index is 0.615. The van der Waals surface area contributed by atoms with Gasteiger partial charge in [-0.3, -0.25) is 0 Å². The summed E-state index contributed by atoms with van der Waals surface area (Å²) in [6.07, 6.45) is 0. The van der Waals surface area contributed by atoms with Crippen molar-refractivity contribution in [2.75, 3.05) is 0 Å². The van der Waals surface area contributed by atoms with Crippen LogP contribution in [0.2, 0.25) is 0 Å². The first-order chi connectivity index (χ1) is 5.83. The Hall–Kier alpha value is -0.530. The van der Waals surface area contributed by atoms with Crippen molar-refractivity contribution in [2.24, 2.45) is 0 Å². The van der Waals surface area contributed by atoms with E-state index >= 15 is 0 Å². The van der Waals surface area contributed by atoms with Crippen LogP contribution in [0.5, 0.6) is 0 Å². The first-order valence-electron chi connectivity index (χ1n) is 3.84. The Morgan fingerprint density at radius 1 is 1.42 bits per heavy atom. The maximum atomic E-state index is 5.81. The van der Waals surface area contributed by atoms with E-state index in [2.05, 4.69) is 30.5 Å². The van der Waals surface area contributed by atoms with Gasteiger partial charge in [0.2, 0.25) is 0 Å². The maximum Gasteiger partial charge on any atom is 0.0488 e. The van der Waals surface area contributed by atoms with Gasteiger partial charge in [0, 0.05) is 10.6 Å². The zero-order chi connectivity index (χ0) is 8.55. The number of fused-ring (bicyclic) bond motifs is 1. The molecule has 0 saturated heterocycles. The monoisotopic (exact) mass is 196 g/mol. The number of aryl methyl sites for hydroxylation is 1. The Labute approximate surface area is 80.8 Å². The van der Waals surface area contributed by atoms with Crippen molar-refractivity contribution in [3.8, 4) is 0 Å². The molecule has 0 atom stereocenters. The molecule has 12 heavy (non-hydrogen) atoms. The number of alkyl halides is 1. The molecule has 0 unspecified atom stereocenters. The summed E-state index contributed by atoms with van der Waals surface area (Å²) >= 11 is 7.59. The highest BCUT2D eigenvalue weighted by atomic mass is 35.5. The molecule has 2 heteroatoms. The van der Waals surface area contributed by atoms with Gasteiger partial charge in [-0.25, -0.2) is 0 Å². The van der Waals surface area contributed by atoms with Gasteiger partial charge in [0.15, 0.2) is 0 Å². The molecule has 1 aromatic heterocycles. The minimum atomic E-state index is 0.615. The van der Waals surface area contributed by atoms with Crippen LogP contribution in [-0.4, -0.2) is 0 Å². The first-order valence-corrected chi connectivity index (χ1v) is 5.26. The standard InChI is InChI=1S/C10H9ClS/c1-7-3-2-4-9-8(5-11)6-12-10(7)9/h2-4,6H,5H2,1H3. The van der Waals surface area contributed by atoms with Gasteiger partial charge in [-0.15, -0.1) is 22.9 Å². The lowest BCUT2D eigenvalue weighted by Gasteiger charge is -1.95. The SMILES string of the molecule is Cc1cccc2c(CCl)csc12. The lowest BCUT2D eigenvalue weighted by molar-refractivity contribution is 1.48. The molecule has 2 aromatic rings. The number of thiophene rings is 1. The Balaban J connectivity index is 2.80. The van der Waals surface area contributed by atoms with Gasteiger partial charge in [0.05, 0.1) is 0 Å². The van der Waals surface area contributed by atoms with E-state index in [1.807, 2.05) is 0 Å². The van der Waals surface area contributed by atoms with Gasteiger partial charge in [0.25, 0.3) is 0 Å². The topological polar surface area (TPSA) is 0 Å². The first kappa shape index (κ1) is 8.09. The molecular weight excluding hydrogens is 188 g/mol. The van der Waals surface area contributed by atoms with Gasteiger partial charge < -0.3 is 0 Å². The zero-order valence-corrected chi connectivity index (χ0v) is 8.38. The van der Waals surface area contributed by atoms with Crippen LogP contribution in [0.4, 0.5) is 0 Å². The summed E-state index contributed by atoms with van der Waals surface area (Å²) < 4.78 is 1.37. The number of benzene rings is 1. The average molecular weight is 197 g/mol. The van der Waals surface area contributed by atoms with Crippen molar-refractivity contribution in [1.29, 1.82) is 0 Å². The average Bonchev–Trinajstić information content (AvgIpc) is 2.49. The van der Waals surface area contributed by atoms with Crippen molar-refractivity contribution in [3.05, 3.63) is 34.7 Å². The molecule has 1 heterocycles. The Kier molecular flexibility index (Phi) is 2.07. The fraction of sp³-hybridized carbons (Fsp3) is 0.200. The third-order valence-electron chi connectivity index (χ3n) is 2.02. The molecule has 0 aliphatic carbocycles. The largest absolute Gasteiger partial charge is 0.143 e. The third-order valence-corrected chi connectivity index (χ3v) is 3.49. The molecule has 0 spiro atoms. The quantitative estimate of drug-likeness (QED) is 0.606. The summed E-state index contributed by atoms with van der Waals surface area (Å²) in [6, 6.07) is 6.35. The molecule has 0 nitrogen and oxygen atoms in total. The molecule has 0 N–H and O–H groups in total. The third kappa shape index (κ3) is 1.13. The van der Waals surface area contributed by atoms with E-state index in [4.69, 9.17) is 11.6 Å². The van der Waals surface area contributed by atoms with Crippen LogP contribution in [0.15, 0.2) is 23.6 Å². The second-order valence-electron chi connectivity index (χ2n) is 2.85. The van der Waals surface area contributed by atoms with Crippen molar-refractivity contribution in [3.63, 3.8) is 0 Å². The highest BCUT2D eigenvalue weighted by Crippen LogP contribution is 2.29. The van der Waals surface area contributed by atoms with Crippen molar-refractivity contribution in [1.82, 2.24) is 0 Å². The van der Waals surface area contributed by atoms with Crippen molar-refractivity contribution >= 4 is 33.0 Å². The highest BCUT2D eigenvalue weighted by Gasteiger charge is 2.03. The van der Waals surface area contributed by atoms with Crippen LogP contribution in [0.1, 0.15) is 11.1 Å². The summed E-state index contributed by atoms with van der Waals surface area (Å²) in [5.41, 5.74) is 2.59. The summed E-state index contributed by atoms with van der Waals surface area (Å²) in [6.45, 7) is 2.14. The second kappa shape index (κ2) is 3.08. The van der Waals surface area contributed by atoms with Crippen molar-refractivity contribution in [2.45, 2.75) is 12.8 Å². The van der Waals surface area contributed by atoms with Crippen LogP contribution < -0.4 is 0 Å². The molecule has 0 bridgehead atoms. The van der Waals surface area contributed by atoms with Crippen LogP contribution in [0.25, 0.3) is 10.1 Å². The van der Waals surface area contributed by atoms with E-state index in [1.165, 1.54) is 21.2 Å². The van der Waals surface area contributed by atoms with Crippen LogP contribution in [0, 0.1) is 6.92 Å². The summed E-state index contributed by atoms with van der Waals surface area (Å²) in [7, 11) is 0. The maximum absolute atomic E-state index is 5.81. The van der Waals surface area contributed by atoms with Gasteiger partial charge in [-0.1, -0.05) is 18.2 Å². The van der Waals surface area contributed by atoms with Crippen LogP contribution in [0.3, 0.4) is 0 Å². The summed E-state index contributed by atoms with van der Waals surface area (Å²) in [5, 5.41) is 3.46. The fourth-order valence-corrected chi connectivity index (χ4v) is 2.72. The predicted octanol–water partition coefficient (Wildman–Crippen LogP) is 3.95. The molecular formula is C10H9ClS. The normalized spacial score (nSPS) is 10.8. The molecule has 0 aliphatic heterocycles. The Morgan fingerprint density at radius 3 is 3.00 bits per heavy atom. The van der Waals surface area contributed by atoms with E-state index in [1.54, 1.807) is 11.3 Å². The molecule has 0 aliphatic rings. The smallest absolute Gasteiger partial charge is 0.0488 e. The number of hydrogen-bond acceptors (Lipinski definition) is 1. The lowest BCUT2D eigenvalue weighted by Crippen LogP contribution is -1.74. The van der Waals surface area contributed by atoms with Gasteiger partial charge in [-0.2, -0.15) is 0 Å². The Bertz CT molecular complexity index is 403. The Morgan fingerprint density at radius 2 is 2.25 bits per heavy atom. The van der Waals surface area contributed by atoms with Crippen molar-refractivity contribution < 1.29 is 0 Å². The van der Waals surface area contributed by atoms with Gasteiger partial charge in [0.1, 0.15) is 0 Å². The molecule has 0 radical (unpaired) electrons. The molecule has 0 amide bonds. The number of rotatable bonds is 1. The molecule has 1 aromatic carbocycles. The fourth-order valence-electron chi connectivity index (χ4n) is 1.36. The zero-order valence-electron chi connectivity index (χ0n) is 6.80. The van der Waals surface area contributed by atoms with E-state index in [0.29, 0.717) is 5.88 Å². The van der Waals surface area contributed by atoms with E-state index in [-0.39, 0.29) is 0 Å². The molecule has 2 rings (SSSR count). The number of halogens is 1. The van der Waals surface area contributed by atoms with E-state index in [9.17, 15) is 0 Å². The van der Waals surface area contributed by atoms with Crippen LogP contribution in [-0.2, 0) is 5.88 Å². The highest BCUT2D eigenvalue weighted by molar-refractivity contribution is 7.17. The molecule has 0 saturated carbocycles. The van der Waals surface area contributed by atoms with E-state index in [0.717, 1.165) is 0 Å². The molecule has 62 valence electrons. The minimum Gasteiger partial charge on any atom is -0.143 e. The van der Waals surface area contributed by atoms with E-state index < -0.39 is 0 Å².